The molecular formula is C11H18N4O3. The molecule has 0 unspecified atom stereocenters. The second-order valence-electron chi connectivity index (χ2n) is 3.84. The lowest BCUT2D eigenvalue weighted by Gasteiger charge is -2.06. The number of nitro groups is 1. The van der Waals surface area contributed by atoms with Gasteiger partial charge in [-0.15, -0.1) is 0 Å². The fraction of sp³-hybridized carbons (Fsp3) is 0.545. The van der Waals surface area contributed by atoms with Gasteiger partial charge in [-0.2, -0.15) is 0 Å². The van der Waals surface area contributed by atoms with Gasteiger partial charge in [-0.05, 0) is 25.3 Å². The number of methoxy groups -OCH3 is 1. The normalized spacial score (nSPS) is 10.3. The van der Waals surface area contributed by atoms with Crippen LogP contribution < -0.4 is 11.1 Å². The Hall–Kier alpha value is -1.89. The average molecular weight is 254 g/mol. The molecule has 0 fully saturated rings. The summed E-state index contributed by atoms with van der Waals surface area (Å²) in [6.45, 7) is 1.52. The first-order chi connectivity index (χ1) is 8.65. The molecule has 0 radical (unpaired) electrons. The van der Waals surface area contributed by atoms with Gasteiger partial charge in [-0.1, -0.05) is 0 Å². The van der Waals surface area contributed by atoms with E-state index in [0.29, 0.717) is 5.82 Å². The van der Waals surface area contributed by atoms with Gasteiger partial charge in [0.2, 0.25) is 5.82 Å². The van der Waals surface area contributed by atoms with Crippen molar-refractivity contribution in [2.24, 2.45) is 0 Å². The SMILES string of the molecule is COCCCCCNc1ccc([N+](=O)[O-])c(N)n1. The van der Waals surface area contributed by atoms with Gasteiger partial charge in [0.15, 0.2) is 0 Å². The van der Waals surface area contributed by atoms with Crippen LogP contribution >= 0.6 is 0 Å². The summed E-state index contributed by atoms with van der Waals surface area (Å²) in [6.07, 6.45) is 3.07. The molecule has 0 amide bonds. The Morgan fingerprint density at radius 1 is 1.44 bits per heavy atom. The van der Waals surface area contributed by atoms with Crippen molar-refractivity contribution >= 4 is 17.3 Å². The lowest BCUT2D eigenvalue weighted by molar-refractivity contribution is -0.384. The third kappa shape index (κ3) is 4.54. The van der Waals surface area contributed by atoms with Crippen LogP contribution in [0.4, 0.5) is 17.3 Å². The number of aromatic nitrogens is 1. The van der Waals surface area contributed by atoms with Crippen LogP contribution in [-0.2, 0) is 4.74 Å². The van der Waals surface area contributed by atoms with E-state index in [1.165, 1.54) is 6.07 Å². The second-order valence-corrected chi connectivity index (χ2v) is 3.84. The molecule has 0 saturated carbocycles. The van der Waals surface area contributed by atoms with Gasteiger partial charge in [-0.3, -0.25) is 10.1 Å². The van der Waals surface area contributed by atoms with E-state index in [1.807, 2.05) is 0 Å². The quantitative estimate of drug-likeness (QED) is 0.416. The van der Waals surface area contributed by atoms with Gasteiger partial charge in [0, 0.05) is 26.3 Å². The number of rotatable bonds is 8. The molecule has 1 heterocycles. The Bertz CT molecular complexity index is 398. The van der Waals surface area contributed by atoms with Crippen LogP contribution in [0.2, 0.25) is 0 Å². The van der Waals surface area contributed by atoms with Crippen molar-refractivity contribution in [3.63, 3.8) is 0 Å². The van der Waals surface area contributed by atoms with Crippen LogP contribution in [0.3, 0.4) is 0 Å². The molecule has 0 atom stereocenters. The number of anilines is 2. The van der Waals surface area contributed by atoms with Crippen LogP contribution in [0.25, 0.3) is 0 Å². The standard InChI is InChI=1S/C11H18N4O3/c1-18-8-4-2-3-7-13-10-6-5-9(15(16)17)11(12)14-10/h5-6H,2-4,7-8H2,1H3,(H3,12,13,14). The van der Waals surface area contributed by atoms with Crippen LogP contribution in [0.1, 0.15) is 19.3 Å². The van der Waals surface area contributed by atoms with Crippen molar-refractivity contribution in [3.8, 4) is 0 Å². The third-order valence-electron chi connectivity index (χ3n) is 2.43. The molecule has 0 aliphatic heterocycles. The van der Waals surface area contributed by atoms with Crippen LogP contribution in [0, 0.1) is 10.1 Å². The summed E-state index contributed by atoms with van der Waals surface area (Å²) in [5, 5.41) is 13.6. The monoisotopic (exact) mass is 254 g/mol. The predicted molar refractivity (Wildman–Crippen MR) is 69.5 cm³/mol. The summed E-state index contributed by atoms with van der Waals surface area (Å²) in [4.78, 5) is 13.9. The Balaban J connectivity index is 2.35. The molecule has 0 bridgehead atoms. The fourth-order valence-electron chi connectivity index (χ4n) is 1.49. The van der Waals surface area contributed by atoms with Crippen molar-refractivity contribution < 1.29 is 9.66 Å². The van der Waals surface area contributed by atoms with Crippen LogP contribution in [0.15, 0.2) is 12.1 Å². The maximum atomic E-state index is 10.5. The highest BCUT2D eigenvalue weighted by Gasteiger charge is 2.12. The van der Waals surface area contributed by atoms with Gasteiger partial charge < -0.3 is 15.8 Å². The molecule has 1 rings (SSSR count). The second kappa shape index (κ2) is 7.44. The molecule has 1 aromatic rings. The molecule has 0 saturated heterocycles. The number of ether oxygens (including phenoxy) is 1. The molecule has 0 spiro atoms. The van der Waals surface area contributed by atoms with Crippen LogP contribution in [0.5, 0.6) is 0 Å². The molecule has 1 aromatic heterocycles. The van der Waals surface area contributed by atoms with Gasteiger partial charge >= 0.3 is 5.69 Å². The van der Waals surface area contributed by atoms with E-state index in [1.54, 1.807) is 13.2 Å². The highest BCUT2D eigenvalue weighted by Crippen LogP contribution is 2.20. The summed E-state index contributed by atoms with van der Waals surface area (Å²) >= 11 is 0. The topological polar surface area (TPSA) is 103 Å². The van der Waals surface area contributed by atoms with Crippen molar-refractivity contribution in [2.75, 3.05) is 31.3 Å². The maximum Gasteiger partial charge on any atom is 0.311 e. The van der Waals surface area contributed by atoms with E-state index in [-0.39, 0.29) is 11.5 Å². The van der Waals surface area contributed by atoms with E-state index in [4.69, 9.17) is 10.5 Å². The smallest absolute Gasteiger partial charge is 0.311 e. The lowest BCUT2D eigenvalue weighted by atomic mass is 10.2. The Morgan fingerprint density at radius 3 is 2.83 bits per heavy atom. The highest BCUT2D eigenvalue weighted by molar-refractivity contribution is 5.57. The minimum Gasteiger partial charge on any atom is -0.385 e. The highest BCUT2D eigenvalue weighted by atomic mass is 16.6. The number of nitrogen functional groups attached to an aromatic ring is 1. The number of hydrogen-bond donors (Lipinski definition) is 2. The first-order valence-corrected chi connectivity index (χ1v) is 5.79. The van der Waals surface area contributed by atoms with Gasteiger partial charge in [0.1, 0.15) is 5.82 Å². The molecule has 3 N–H and O–H groups in total. The zero-order valence-electron chi connectivity index (χ0n) is 10.4. The molecule has 18 heavy (non-hydrogen) atoms. The predicted octanol–water partition coefficient (Wildman–Crippen LogP) is 1.80. The summed E-state index contributed by atoms with van der Waals surface area (Å²) < 4.78 is 4.94. The first kappa shape index (κ1) is 14.2. The number of pyridine rings is 1. The number of nitrogens with zero attached hydrogens (tertiary/aromatic N) is 2. The van der Waals surface area contributed by atoms with Gasteiger partial charge in [-0.25, -0.2) is 4.98 Å². The first-order valence-electron chi connectivity index (χ1n) is 5.79. The molecule has 100 valence electrons. The van der Waals surface area contributed by atoms with E-state index < -0.39 is 4.92 Å². The summed E-state index contributed by atoms with van der Waals surface area (Å²) in [7, 11) is 1.68. The minimum absolute atomic E-state index is 0.0654. The van der Waals surface area contributed by atoms with Crippen molar-refractivity contribution in [2.45, 2.75) is 19.3 Å². The molecule has 7 heteroatoms. The van der Waals surface area contributed by atoms with E-state index >= 15 is 0 Å². The van der Waals surface area contributed by atoms with E-state index in [2.05, 4.69) is 10.3 Å². The van der Waals surface area contributed by atoms with Crippen molar-refractivity contribution in [1.29, 1.82) is 0 Å². The molecule has 0 aliphatic carbocycles. The van der Waals surface area contributed by atoms with Crippen molar-refractivity contribution in [1.82, 2.24) is 4.98 Å². The Morgan fingerprint density at radius 2 is 2.22 bits per heavy atom. The zero-order chi connectivity index (χ0) is 13.4. The Labute approximate surface area is 105 Å². The van der Waals surface area contributed by atoms with E-state index in [0.717, 1.165) is 32.4 Å². The third-order valence-corrected chi connectivity index (χ3v) is 2.43. The number of nitrogens with one attached hydrogen (secondary N) is 1. The van der Waals surface area contributed by atoms with Gasteiger partial charge in [0.25, 0.3) is 0 Å². The lowest BCUT2D eigenvalue weighted by Crippen LogP contribution is -2.06. The Kier molecular flexibility index (Phi) is 5.86. The summed E-state index contributed by atoms with van der Waals surface area (Å²) in [5.41, 5.74) is 5.32. The van der Waals surface area contributed by atoms with Crippen LogP contribution in [-0.4, -0.2) is 30.2 Å². The maximum absolute atomic E-state index is 10.5. The van der Waals surface area contributed by atoms with Crippen molar-refractivity contribution in [3.05, 3.63) is 22.2 Å². The summed E-state index contributed by atoms with van der Waals surface area (Å²) in [6, 6.07) is 2.92. The zero-order valence-corrected chi connectivity index (χ0v) is 10.4. The van der Waals surface area contributed by atoms with E-state index in [9.17, 15) is 10.1 Å². The largest absolute Gasteiger partial charge is 0.385 e. The van der Waals surface area contributed by atoms with Gasteiger partial charge in [0.05, 0.1) is 4.92 Å². The molecule has 7 nitrogen and oxygen atoms in total. The number of unbranched alkanes of at least 4 members (excludes halogenated alkanes) is 2. The minimum atomic E-state index is -0.545. The fourth-order valence-corrected chi connectivity index (χ4v) is 1.49. The number of nitrogens with two attached hydrogens (primary N) is 1. The average Bonchev–Trinajstić information content (AvgIpc) is 2.33. The number of hydrogen-bond acceptors (Lipinski definition) is 6. The molecular weight excluding hydrogens is 236 g/mol. The molecule has 0 aliphatic rings. The summed E-state index contributed by atoms with van der Waals surface area (Å²) in [5.74, 6) is 0.495. The molecule has 0 aromatic carbocycles.